The van der Waals surface area contributed by atoms with Gasteiger partial charge < -0.3 is 15.5 Å². The van der Waals surface area contributed by atoms with E-state index in [1.165, 1.54) is 0 Å². The van der Waals surface area contributed by atoms with Crippen LogP contribution in [0.4, 0.5) is 5.69 Å². The number of benzene rings is 1. The van der Waals surface area contributed by atoms with Gasteiger partial charge in [0.1, 0.15) is 6.54 Å². The summed E-state index contributed by atoms with van der Waals surface area (Å²) in [6, 6.07) is 5.63. The second-order valence-electron chi connectivity index (χ2n) is 5.30. The third-order valence-corrected chi connectivity index (χ3v) is 3.81. The summed E-state index contributed by atoms with van der Waals surface area (Å²) in [5.41, 5.74) is 7.39. The van der Waals surface area contributed by atoms with Gasteiger partial charge in [0, 0.05) is 37.3 Å². The standard InChI is InChI=1S/C14H19N5O/c1-17-4-6-18(7-5-17)14(20)10-19-13-8-12(15)3-2-11(13)9-16-19/h2-3,8-9H,4-7,10,15H2,1H3. The summed E-state index contributed by atoms with van der Waals surface area (Å²) in [6.07, 6.45) is 1.77. The third-order valence-electron chi connectivity index (χ3n) is 3.81. The highest BCUT2D eigenvalue weighted by Crippen LogP contribution is 2.17. The SMILES string of the molecule is CN1CCN(C(=O)Cn2ncc3ccc(N)cc32)CC1. The molecule has 0 bridgehead atoms. The number of nitrogens with zero attached hydrogens (tertiary/aromatic N) is 4. The van der Waals surface area contributed by atoms with E-state index in [4.69, 9.17) is 5.73 Å². The molecule has 0 saturated carbocycles. The van der Waals surface area contributed by atoms with Crippen LogP contribution in [-0.4, -0.2) is 58.7 Å². The first kappa shape index (κ1) is 12.9. The third kappa shape index (κ3) is 2.46. The fourth-order valence-corrected chi connectivity index (χ4v) is 2.50. The number of likely N-dealkylation sites (N-methyl/N-ethyl adjacent to an activating group) is 1. The first-order valence-corrected chi connectivity index (χ1v) is 6.81. The number of carbonyl (C=O) groups excluding carboxylic acids is 1. The van der Waals surface area contributed by atoms with Crippen molar-refractivity contribution in [1.29, 1.82) is 0 Å². The molecular formula is C14H19N5O. The van der Waals surface area contributed by atoms with Crippen LogP contribution in [0, 0.1) is 0 Å². The van der Waals surface area contributed by atoms with Gasteiger partial charge >= 0.3 is 0 Å². The van der Waals surface area contributed by atoms with Gasteiger partial charge in [0.15, 0.2) is 0 Å². The maximum atomic E-state index is 12.3. The Labute approximate surface area is 117 Å². The maximum absolute atomic E-state index is 12.3. The molecule has 1 saturated heterocycles. The molecule has 0 aliphatic carbocycles. The molecule has 2 N–H and O–H groups in total. The summed E-state index contributed by atoms with van der Waals surface area (Å²) in [7, 11) is 2.08. The zero-order valence-corrected chi connectivity index (χ0v) is 11.6. The first-order valence-electron chi connectivity index (χ1n) is 6.81. The Kier molecular flexibility index (Phi) is 3.31. The zero-order chi connectivity index (χ0) is 14.1. The number of nitrogens with two attached hydrogens (primary N) is 1. The smallest absolute Gasteiger partial charge is 0.244 e. The fourth-order valence-electron chi connectivity index (χ4n) is 2.50. The molecule has 20 heavy (non-hydrogen) atoms. The van der Waals surface area contributed by atoms with E-state index >= 15 is 0 Å². The lowest BCUT2D eigenvalue weighted by Crippen LogP contribution is -2.48. The van der Waals surface area contributed by atoms with Crippen LogP contribution in [0.15, 0.2) is 24.4 Å². The van der Waals surface area contributed by atoms with Crippen molar-refractivity contribution in [3.8, 4) is 0 Å². The fraction of sp³-hybridized carbons (Fsp3) is 0.429. The number of aromatic nitrogens is 2. The number of anilines is 1. The number of hydrogen-bond donors (Lipinski definition) is 1. The Bertz CT molecular complexity index is 628. The van der Waals surface area contributed by atoms with Crippen molar-refractivity contribution in [2.45, 2.75) is 6.54 Å². The molecular weight excluding hydrogens is 254 g/mol. The van der Waals surface area contributed by atoms with Gasteiger partial charge in [-0.05, 0) is 25.2 Å². The molecule has 6 nitrogen and oxygen atoms in total. The highest BCUT2D eigenvalue weighted by molar-refractivity contribution is 5.84. The van der Waals surface area contributed by atoms with E-state index in [1.54, 1.807) is 10.9 Å². The van der Waals surface area contributed by atoms with Gasteiger partial charge in [-0.3, -0.25) is 9.48 Å². The van der Waals surface area contributed by atoms with Crippen LogP contribution in [0.5, 0.6) is 0 Å². The monoisotopic (exact) mass is 273 g/mol. The average molecular weight is 273 g/mol. The van der Waals surface area contributed by atoms with Crippen molar-refractivity contribution >= 4 is 22.5 Å². The molecule has 0 atom stereocenters. The number of nitrogen functional groups attached to an aromatic ring is 1. The quantitative estimate of drug-likeness (QED) is 0.804. The Morgan fingerprint density at radius 2 is 2.05 bits per heavy atom. The number of fused-ring (bicyclic) bond motifs is 1. The van der Waals surface area contributed by atoms with Crippen LogP contribution in [-0.2, 0) is 11.3 Å². The van der Waals surface area contributed by atoms with E-state index in [1.807, 2.05) is 23.1 Å². The van der Waals surface area contributed by atoms with E-state index in [-0.39, 0.29) is 12.5 Å². The highest BCUT2D eigenvalue weighted by atomic mass is 16.2. The molecule has 1 amide bonds. The van der Waals surface area contributed by atoms with Crippen LogP contribution >= 0.6 is 0 Å². The Morgan fingerprint density at radius 1 is 1.30 bits per heavy atom. The average Bonchev–Trinajstić information content (AvgIpc) is 2.82. The van der Waals surface area contributed by atoms with Crippen LogP contribution in [0.2, 0.25) is 0 Å². The summed E-state index contributed by atoms with van der Waals surface area (Å²) in [5.74, 6) is 0.116. The molecule has 1 fully saturated rings. The number of hydrogen-bond acceptors (Lipinski definition) is 4. The van der Waals surface area contributed by atoms with E-state index in [0.29, 0.717) is 5.69 Å². The summed E-state index contributed by atoms with van der Waals surface area (Å²) in [4.78, 5) is 16.4. The summed E-state index contributed by atoms with van der Waals surface area (Å²) in [5, 5.41) is 5.29. The Hall–Kier alpha value is -2.08. The van der Waals surface area contributed by atoms with E-state index in [0.717, 1.165) is 37.1 Å². The predicted molar refractivity (Wildman–Crippen MR) is 78.2 cm³/mol. The van der Waals surface area contributed by atoms with E-state index in [2.05, 4.69) is 17.0 Å². The van der Waals surface area contributed by atoms with Crippen LogP contribution in [0.3, 0.4) is 0 Å². The second-order valence-corrected chi connectivity index (χ2v) is 5.30. The molecule has 0 radical (unpaired) electrons. The van der Waals surface area contributed by atoms with Gasteiger partial charge in [0.25, 0.3) is 0 Å². The minimum Gasteiger partial charge on any atom is -0.399 e. The molecule has 1 aromatic heterocycles. The van der Waals surface area contributed by atoms with Gasteiger partial charge in [-0.15, -0.1) is 0 Å². The van der Waals surface area contributed by atoms with Crippen molar-refractivity contribution in [2.24, 2.45) is 0 Å². The topological polar surface area (TPSA) is 67.4 Å². The lowest BCUT2D eigenvalue weighted by Gasteiger charge is -2.32. The van der Waals surface area contributed by atoms with Gasteiger partial charge in [0.05, 0.1) is 11.7 Å². The highest BCUT2D eigenvalue weighted by Gasteiger charge is 2.19. The minimum atomic E-state index is 0.116. The van der Waals surface area contributed by atoms with Crippen molar-refractivity contribution in [1.82, 2.24) is 19.6 Å². The molecule has 1 aromatic carbocycles. The van der Waals surface area contributed by atoms with Gasteiger partial charge in [-0.2, -0.15) is 5.10 Å². The van der Waals surface area contributed by atoms with Crippen LogP contribution < -0.4 is 5.73 Å². The molecule has 3 rings (SSSR count). The van der Waals surface area contributed by atoms with Gasteiger partial charge in [0.2, 0.25) is 5.91 Å². The predicted octanol–water partition coefficient (Wildman–Crippen LogP) is 0.393. The second kappa shape index (κ2) is 5.13. The van der Waals surface area contributed by atoms with E-state index in [9.17, 15) is 4.79 Å². The lowest BCUT2D eigenvalue weighted by atomic mass is 10.2. The van der Waals surface area contributed by atoms with E-state index < -0.39 is 0 Å². The van der Waals surface area contributed by atoms with Crippen molar-refractivity contribution in [3.63, 3.8) is 0 Å². The normalized spacial score (nSPS) is 16.8. The molecule has 0 unspecified atom stereocenters. The number of piperazine rings is 1. The van der Waals surface area contributed by atoms with Crippen molar-refractivity contribution in [3.05, 3.63) is 24.4 Å². The summed E-state index contributed by atoms with van der Waals surface area (Å²) < 4.78 is 1.73. The Morgan fingerprint density at radius 3 is 2.80 bits per heavy atom. The summed E-state index contributed by atoms with van der Waals surface area (Å²) in [6.45, 7) is 3.71. The molecule has 6 heteroatoms. The molecule has 2 heterocycles. The lowest BCUT2D eigenvalue weighted by molar-refractivity contribution is -0.133. The number of carbonyl (C=O) groups is 1. The zero-order valence-electron chi connectivity index (χ0n) is 11.6. The van der Waals surface area contributed by atoms with Crippen LogP contribution in [0.25, 0.3) is 10.9 Å². The maximum Gasteiger partial charge on any atom is 0.244 e. The molecule has 0 spiro atoms. The van der Waals surface area contributed by atoms with Crippen molar-refractivity contribution < 1.29 is 4.79 Å². The molecule has 2 aromatic rings. The molecule has 106 valence electrons. The first-order chi connectivity index (χ1) is 9.63. The Balaban J connectivity index is 1.76. The minimum absolute atomic E-state index is 0.116. The summed E-state index contributed by atoms with van der Waals surface area (Å²) >= 11 is 0. The van der Waals surface area contributed by atoms with Crippen molar-refractivity contribution in [2.75, 3.05) is 39.0 Å². The number of rotatable bonds is 2. The largest absolute Gasteiger partial charge is 0.399 e. The number of amides is 1. The van der Waals surface area contributed by atoms with Gasteiger partial charge in [-0.25, -0.2) is 0 Å². The van der Waals surface area contributed by atoms with Gasteiger partial charge in [-0.1, -0.05) is 0 Å². The molecule has 1 aliphatic heterocycles. The van der Waals surface area contributed by atoms with Crippen LogP contribution in [0.1, 0.15) is 0 Å². The molecule has 1 aliphatic rings.